The lowest BCUT2D eigenvalue weighted by atomic mass is 10.1. The first-order valence-electron chi connectivity index (χ1n) is 7.40. The van der Waals surface area contributed by atoms with E-state index in [2.05, 4.69) is 0 Å². The van der Waals surface area contributed by atoms with Gasteiger partial charge in [0.15, 0.2) is 5.76 Å². The predicted molar refractivity (Wildman–Crippen MR) is 85.9 cm³/mol. The summed E-state index contributed by atoms with van der Waals surface area (Å²) in [4.78, 5) is 24.4. The van der Waals surface area contributed by atoms with E-state index in [1.165, 1.54) is 24.3 Å². The van der Waals surface area contributed by atoms with E-state index in [9.17, 15) is 14.0 Å². The number of rotatable bonds is 2. The van der Waals surface area contributed by atoms with Gasteiger partial charge >= 0.3 is 5.97 Å². The van der Waals surface area contributed by atoms with Crippen LogP contribution in [0.25, 0.3) is 0 Å². The number of Topliss-reactive ketones (excluding diaryl/α,β-unsaturated/α-hetero) is 1. The van der Waals surface area contributed by atoms with E-state index in [-0.39, 0.29) is 11.3 Å². The molecule has 1 heterocycles. The number of esters is 1. The number of carbonyl (C=O) groups excluding carboxylic acids is 2. The summed E-state index contributed by atoms with van der Waals surface area (Å²) in [5.74, 6) is -0.211. The molecule has 0 spiro atoms. The summed E-state index contributed by atoms with van der Waals surface area (Å²) in [6.07, 6.45) is 0. The summed E-state index contributed by atoms with van der Waals surface area (Å²) in [5, 5.41) is 0. The Morgan fingerprint density at radius 1 is 1.08 bits per heavy atom. The number of ketones is 1. The molecular formula is C19H15FO4. The Bertz CT molecular complexity index is 875. The number of benzene rings is 2. The number of halogens is 1. The van der Waals surface area contributed by atoms with Crippen molar-refractivity contribution in [1.29, 1.82) is 0 Å². The molecule has 1 aliphatic rings. The fourth-order valence-electron chi connectivity index (χ4n) is 2.44. The molecule has 0 atom stereocenters. The maximum absolute atomic E-state index is 12.9. The van der Waals surface area contributed by atoms with Gasteiger partial charge in [0, 0.05) is 5.56 Å². The molecule has 24 heavy (non-hydrogen) atoms. The molecule has 122 valence electrons. The van der Waals surface area contributed by atoms with Gasteiger partial charge in [-0.25, -0.2) is 9.18 Å². The van der Waals surface area contributed by atoms with Gasteiger partial charge in [0.05, 0.1) is 11.1 Å². The van der Waals surface area contributed by atoms with Gasteiger partial charge in [0.1, 0.15) is 17.3 Å². The first-order valence-corrected chi connectivity index (χ1v) is 7.40. The van der Waals surface area contributed by atoms with Gasteiger partial charge < -0.3 is 9.47 Å². The fourth-order valence-corrected chi connectivity index (χ4v) is 2.44. The summed E-state index contributed by atoms with van der Waals surface area (Å²) in [7, 11) is 0. The van der Waals surface area contributed by atoms with Crippen LogP contribution in [0.4, 0.5) is 4.39 Å². The largest absolute Gasteiger partial charge is 0.452 e. The van der Waals surface area contributed by atoms with Gasteiger partial charge in [-0.1, -0.05) is 0 Å². The van der Waals surface area contributed by atoms with Crippen LogP contribution in [0.5, 0.6) is 11.5 Å². The van der Waals surface area contributed by atoms with Gasteiger partial charge in [-0.2, -0.15) is 0 Å². The third-order valence-electron chi connectivity index (χ3n) is 3.75. The normalized spacial score (nSPS) is 12.7. The van der Waals surface area contributed by atoms with Gasteiger partial charge in [0.25, 0.3) is 0 Å². The first-order chi connectivity index (χ1) is 11.4. The minimum absolute atomic E-state index is 0.176. The molecule has 0 unspecified atom stereocenters. The molecule has 0 fully saturated rings. The quantitative estimate of drug-likeness (QED) is 0.471. The summed E-state index contributed by atoms with van der Waals surface area (Å²) in [6.45, 7) is 5.31. The van der Waals surface area contributed by atoms with E-state index in [4.69, 9.17) is 9.47 Å². The smallest absolute Gasteiger partial charge is 0.343 e. The van der Waals surface area contributed by atoms with Crippen molar-refractivity contribution < 1.29 is 23.5 Å². The van der Waals surface area contributed by atoms with Crippen LogP contribution in [0.3, 0.4) is 0 Å². The lowest BCUT2D eigenvalue weighted by Crippen LogP contribution is -2.09. The van der Waals surface area contributed by atoms with Crippen molar-refractivity contribution in [1.82, 2.24) is 0 Å². The van der Waals surface area contributed by atoms with E-state index < -0.39 is 11.8 Å². The van der Waals surface area contributed by atoms with Crippen LogP contribution >= 0.6 is 0 Å². The predicted octanol–water partition coefficient (Wildman–Crippen LogP) is 4.22. The molecule has 0 amide bonds. The summed E-state index contributed by atoms with van der Waals surface area (Å²) < 4.78 is 23.9. The second kappa shape index (κ2) is 5.92. The zero-order valence-corrected chi connectivity index (χ0v) is 13.5. The fraction of sp³-hybridized carbons (Fsp3) is 0.158. The Hall–Kier alpha value is -2.95. The standard InChI is InChI=1S/C19H15FO4/c1-10(2)17-16(21)14-8-9-15(11(3)18(14)24-17)23-19(22)12-4-6-13(20)7-5-12/h4-9H,1-3H3. The molecule has 0 N–H and O–H groups in total. The van der Waals surface area contributed by atoms with Gasteiger partial charge in [-0.15, -0.1) is 0 Å². The van der Waals surface area contributed by atoms with Crippen LogP contribution in [0.1, 0.15) is 40.1 Å². The molecule has 0 bridgehead atoms. The average Bonchev–Trinajstić information content (AvgIpc) is 2.89. The Morgan fingerprint density at radius 2 is 1.75 bits per heavy atom. The van der Waals surface area contributed by atoms with E-state index >= 15 is 0 Å². The monoisotopic (exact) mass is 326 g/mol. The van der Waals surface area contributed by atoms with E-state index in [0.29, 0.717) is 28.4 Å². The van der Waals surface area contributed by atoms with Crippen molar-refractivity contribution in [2.75, 3.05) is 0 Å². The molecule has 0 aromatic heterocycles. The lowest BCUT2D eigenvalue weighted by Gasteiger charge is -2.10. The highest BCUT2D eigenvalue weighted by Gasteiger charge is 2.31. The van der Waals surface area contributed by atoms with Crippen molar-refractivity contribution >= 4 is 11.8 Å². The van der Waals surface area contributed by atoms with Crippen LogP contribution in [0.15, 0.2) is 47.7 Å². The molecule has 2 aromatic rings. The van der Waals surface area contributed by atoms with Crippen LogP contribution in [0, 0.1) is 12.7 Å². The van der Waals surface area contributed by atoms with Crippen LogP contribution < -0.4 is 9.47 Å². The van der Waals surface area contributed by atoms with E-state index in [1.807, 2.05) is 0 Å². The summed E-state index contributed by atoms with van der Waals surface area (Å²) >= 11 is 0. The number of hydrogen-bond donors (Lipinski definition) is 0. The summed E-state index contributed by atoms with van der Waals surface area (Å²) in [6, 6.07) is 8.21. The van der Waals surface area contributed by atoms with Crippen LogP contribution in [-0.4, -0.2) is 11.8 Å². The van der Waals surface area contributed by atoms with Crippen LogP contribution in [-0.2, 0) is 0 Å². The molecule has 5 heteroatoms. The van der Waals surface area contributed by atoms with Gasteiger partial charge in [0.2, 0.25) is 5.78 Å². The molecule has 4 nitrogen and oxygen atoms in total. The third-order valence-corrected chi connectivity index (χ3v) is 3.75. The maximum atomic E-state index is 12.9. The highest BCUT2D eigenvalue weighted by molar-refractivity contribution is 6.13. The van der Waals surface area contributed by atoms with Gasteiger partial charge in [-0.05, 0) is 62.7 Å². The third kappa shape index (κ3) is 2.69. The molecule has 2 aromatic carbocycles. The Labute approximate surface area is 138 Å². The first kappa shape index (κ1) is 15.9. The minimum Gasteiger partial charge on any atom is -0.452 e. The van der Waals surface area contributed by atoms with E-state index in [1.54, 1.807) is 32.9 Å². The van der Waals surface area contributed by atoms with Gasteiger partial charge in [-0.3, -0.25) is 4.79 Å². The molecule has 0 saturated heterocycles. The number of fused-ring (bicyclic) bond motifs is 1. The minimum atomic E-state index is -0.607. The second-order valence-corrected chi connectivity index (χ2v) is 5.72. The second-order valence-electron chi connectivity index (χ2n) is 5.72. The Morgan fingerprint density at radius 3 is 2.38 bits per heavy atom. The zero-order chi connectivity index (χ0) is 17.4. The number of ether oxygens (including phenoxy) is 2. The lowest BCUT2D eigenvalue weighted by molar-refractivity contribution is 0.0733. The highest BCUT2D eigenvalue weighted by Crippen LogP contribution is 2.39. The molecule has 0 saturated carbocycles. The average molecular weight is 326 g/mol. The number of allylic oxidation sites excluding steroid dienone is 2. The van der Waals surface area contributed by atoms with Crippen molar-refractivity contribution in [2.24, 2.45) is 0 Å². The van der Waals surface area contributed by atoms with Crippen molar-refractivity contribution in [3.8, 4) is 11.5 Å². The van der Waals surface area contributed by atoms with Crippen molar-refractivity contribution in [2.45, 2.75) is 20.8 Å². The number of hydrogen-bond acceptors (Lipinski definition) is 4. The Balaban J connectivity index is 1.91. The topological polar surface area (TPSA) is 52.6 Å². The molecule has 0 aliphatic carbocycles. The van der Waals surface area contributed by atoms with Crippen molar-refractivity contribution in [3.05, 3.63) is 70.2 Å². The SMILES string of the molecule is CC(C)=C1Oc2c(ccc(OC(=O)c3ccc(F)cc3)c2C)C1=O. The van der Waals surface area contributed by atoms with E-state index in [0.717, 1.165) is 5.57 Å². The molecule has 1 aliphatic heterocycles. The van der Waals surface area contributed by atoms with Crippen LogP contribution in [0.2, 0.25) is 0 Å². The zero-order valence-electron chi connectivity index (χ0n) is 13.5. The Kier molecular flexibility index (Phi) is 3.93. The van der Waals surface area contributed by atoms with Crippen molar-refractivity contribution in [3.63, 3.8) is 0 Å². The maximum Gasteiger partial charge on any atom is 0.343 e. The highest BCUT2D eigenvalue weighted by atomic mass is 19.1. The molecule has 0 radical (unpaired) electrons. The molecular weight excluding hydrogens is 311 g/mol. The number of carbonyl (C=O) groups is 2. The molecule has 3 rings (SSSR count). The summed E-state index contributed by atoms with van der Waals surface area (Å²) in [5.41, 5.74) is 2.02.